The molecule has 100 valence electrons. The Labute approximate surface area is 97.1 Å². The maximum atomic E-state index is 13.3. The van der Waals surface area contributed by atoms with Crippen molar-refractivity contribution in [3.63, 3.8) is 0 Å². The summed E-state index contributed by atoms with van der Waals surface area (Å²) < 4.78 is 63.7. The highest BCUT2D eigenvalue weighted by atomic mass is 19.4. The van der Waals surface area contributed by atoms with Gasteiger partial charge in [0.1, 0.15) is 6.04 Å². The molecule has 0 spiro atoms. The zero-order chi connectivity index (χ0) is 13.1. The van der Waals surface area contributed by atoms with E-state index in [0.29, 0.717) is 25.7 Å². The molecule has 1 N–H and O–H groups in total. The molecule has 0 radical (unpaired) electrons. The molecule has 1 nitrogen and oxygen atoms in total. The van der Waals surface area contributed by atoms with Crippen molar-refractivity contribution in [2.45, 2.75) is 50.7 Å². The van der Waals surface area contributed by atoms with E-state index in [-0.39, 0.29) is 12.1 Å². The highest BCUT2D eigenvalue weighted by Crippen LogP contribution is 2.42. The second kappa shape index (κ2) is 5.33. The number of nitrogens with one attached hydrogen (secondary N) is 1. The number of alkyl halides is 5. The molecule has 0 aromatic heterocycles. The normalized spacial score (nSPS) is 19.3. The third kappa shape index (κ3) is 3.18. The van der Waals surface area contributed by atoms with Crippen LogP contribution in [0.15, 0.2) is 11.6 Å². The van der Waals surface area contributed by atoms with Crippen molar-refractivity contribution in [2.24, 2.45) is 0 Å². The standard InChI is InChI=1S/C11H16F5N/c1-2-7-17-9(8-5-3-4-6-8)10(12,13)11(14,15)16/h5,9,17H,2-4,6-7H2,1H3. The van der Waals surface area contributed by atoms with E-state index in [1.807, 2.05) is 0 Å². The van der Waals surface area contributed by atoms with E-state index in [1.54, 1.807) is 6.92 Å². The summed E-state index contributed by atoms with van der Waals surface area (Å²) >= 11 is 0. The van der Waals surface area contributed by atoms with Gasteiger partial charge in [-0.1, -0.05) is 18.6 Å². The third-order valence-corrected chi connectivity index (χ3v) is 2.79. The Kier molecular flexibility index (Phi) is 4.52. The fraction of sp³-hybridized carbons (Fsp3) is 0.818. The lowest BCUT2D eigenvalue weighted by Crippen LogP contribution is -2.54. The Bertz CT molecular complexity index is 282. The second-order valence-electron chi connectivity index (χ2n) is 4.18. The quantitative estimate of drug-likeness (QED) is 0.585. The predicted molar refractivity (Wildman–Crippen MR) is 55.0 cm³/mol. The van der Waals surface area contributed by atoms with Crippen molar-refractivity contribution >= 4 is 0 Å². The molecule has 0 saturated heterocycles. The van der Waals surface area contributed by atoms with Gasteiger partial charge in [0.15, 0.2) is 0 Å². The minimum atomic E-state index is -5.51. The summed E-state index contributed by atoms with van der Waals surface area (Å²) in [5, 5.41) is 2.32. The van der Waals surface area contributed by atoms with Crippen LogP contribution < -0.4 is 5.32 Å². The molecule has 1 unspecified atom stereocenters. The van der Waals surface area contributed by atoms with Crippen LogP contribution in [0.5, 0.6) is 0 Å². The lowest BCUT2D eigenvalue weighted by Gasteiger charge is -2.30. The molecule has 0 saturated carbocycles. The van der Waals surface area contributed by atoms with Gasteiger partial charge in [0, 0.05) is 0 Å². The molecule has 0 heterocycles. The monoisotopic (exact) mass is 257 g/mol. The molecule has 0 aromatic carbocycles. The maximum Gasteiger partial charge on any atom is 0.455 e. The van der Waals surface area contributed by atoms with Crippen LogP contribution in [0.1, 0.15) is 32.6 Å². The molecular formula is C11H16F5N. The number of hydrogen-bond donors (Lipinski definition) is 1. The summed E-state index contributed by atoms with van der Waals surface area (Å²) in [7, 11) is 0. The molecule has 1 atom stereocenters. The van der Waals surface area contributed by atoms with E-state index < -0.39 is 18.1 Å². The number of allylic oxidation sites excluding steroid dienone is 1. The van der Waals surface area contributed by atoms with Crippen molar-refractivity contribution in [1.29, 1.82) is 0 Å². The van der Waals surface area contributed by atoms with Crippen LogP contribution in [-0.2, 0) is 0 Å². The van der Waals surface area contributed by atoms with E-state index in [4.69, 9.17) is 0 Å². The molecule has 17 heavy (non-hydrogen) atoms. The smallest absolute Gasteiger partial charge is 0.305 e. The Hall–Kier alpha value is -0.650. The van der Waals surface area contributed by atoms with E-state index in [1.165, 1.54) is 6.08 Å². The van der Waals surface area contributed by atoms with Crippen molar-refractivity contribution in [3.8, 4) is 0 Å². The number of halogens is 5. The summed E-state index contributed by atoms with van der Waals surface area (Å²) in [6, 6.07) is -1.91. The predicted octanol–water partition coefficient (Wildman–Crippen LogP) is 3.66. The summed E-state index contributed by atoms with van der Waals surface area (Å²) in [5.41, 5.74) is 0.181. The van der Waals surface area contributed by atoms with Gasteiger partial charge in [0.2, 0.25) is 0 Å². The largest absolute Gasteiger partial charge is 0.455 e. The Morgan fingerprint density at radius 3 is 2.35 bits per heavy atom. The molecular weight excluding hydrogens is 241 g/mol. The van der Waals surface area contributed by atoms with Gasteiger partial charge in [0.25, 0.3) is 0 Å². The Morgan fingerprint density at radius 1 is 1.29 bits per heavy atom. The minimum Gasteiger partial charge on any atom is -0.305 e. The molecule has 1 rings (SSSR count). The first kappa shape index (κ1) is 14.4. The van der Waals surface area contributed by atoms with Gasteiger partial charge in [-0.05, 0) is 32.2 Å². The zero-order valence-corrected chi connectivity index (χ0v) is 9.58. The zero-order valence-electron chi connectivity index (χ0n) is 9.58. The summed E-state index contributed by atoms with van der Waals surface area (Å²) in [6.07, 6.45) is -1.97. The van der Waals surface area contributed by atoms with Crippen LogP contribution in [0, 0.1) is 0 Å². The van der Waals surface area contributed by atoms with Crippen LogP contribution in [0.2, 0.25) is 0 Å². The van der Waals surface area contributed by atoms with Gasteiger partial charge in [-0.2, -0.15) is 22.0 Å². The summed E-state index contributed by atoms with van der Waals surface area (Å²) in [6.45, 7) is 1.87. The second-order valence-corrected chi connectivity index (χ2v) is 4.18. The molecule has 0 aliphatic heterocycles. The molecule has 6 heteroatoms. The molecule has 0 amide bonds. The van der Waals surface area contributed by atoms with Gasteiger partial charge in [0.05, 0.1) is 0 Å². The van der Waals surface area contributed by atoms with Crippen LogP contribution in [-0.4, -0.2) is 24.7 Å². The van der Waals surface area contributed by atoms with Crippen LogP contribution in [0.25, 0.3) is 0 Å². The number of hydrogen-bond acceptors (Lipinski definition) is 1. The van der Waals surface area contributed by atoms with Gasteiger partial charge >= 0.3 is 12.1 Å². The summed E-state index contributed by atoms with van der Waals surface area (Å²) in [4.78, 5) is 0. The highest BCUT2D eigenvalue weighted by Gasteiger charge is 2.62. The van der Waals surface area contributed by atoms with Crippen molar-refractivity contribution < 1.29 is 22.0 Å². The average molecular weight is 257 g/mol. The Morgan fingerprint density at radius 2 is 1.94 bits per heavy atom. The van der Waals surface area contributed by atoms with Crippen LogP contribution >= 0.6 is 0 Å². The molecule has 0 aromatic rings. The van der Waals surface area contributed by atoms with Gasteiger partial charge in [-0.15, -0.1) is 0 Å². The van der Waals surface area contributed by atoms with Gasteiger partial charge < -0.3 is 5.32 Å². The molecule has 0 fully saturated rings. The van der Waals surface area contributed by atoms with Crippen LogP contribution in [0.3, 0.4) is 0 Å². The number of rotatable bonds is 5. The molecule has 1 aliphatic rings. The summed E-state index contributed by atoms with van der Waals surface area (Å²) in [5.74, 6) is -4.71. The van der Waals surface area contributed by atoms with Gasteiger partial charge in [-0.3, -0.25) is 0 Å². The fourth-order valence-electron chi connectivity index (χ4n) is 1.90. The van der Waals surface area contributed by atoms with E-state index >= 15 is 0 Å². The SMILES string of the molecule is CCCNC(C1=CCCC1)C(F)(F)C(F)(F)F. The first-order valence-corrected chi connectivity index (χ1v) is 5.67. The lowest BCUT2D eigenvalue weighted by molar-refractivity contribution is -0.289. The van der Waals surface area contributed by atoms with E-state index in [0.717, 1.165) is 0 Å². The molecule has 0 bridgehead atoms. The minimum absolute atomic E-state index is 0.147. The van der Waals surface area contributed by atoms with Crippen molar-refractivity contribution in [1.82, 2.24) is 5.32 Å². The lowest BCUT2D eigenvalue weighted by atomic mass is 9.99. The van der Waals surface area contributed by atoms with Crippen molar-refractivity contribution in [2.75, 3.05) is 6.54 Å². The molecule has 1 aliphatic carbocycles. The van der Waals surface area contributed by atoms with Gasteiger partial charge in [-0.25, -0.2) is 0 Å². The average Bonchev–Trinajstić information content (AvgIpc) is 2.69. The fourth-order valence-corrected chi connectivity index (χ4v) is 1.90. The Balaban J connectivity index is 2.89. The maximum absolute atomic E-state index is 13.3. The highest BCUT2D eigenvalue weighted by molar-refractivity contribution is 5.20. The van der Waals surface area contributed by atoms with E-state index in [9.17, 15) is 22.0 Å². The first-order chi connectivity index (χ1) is 7.80. The van der Waals surface area contributed by atoms with E-state index in [2.05, 4.69) is 5.32 Å². The third-order valence-electron chi connectivity index (χ3n) is 2.79. The van der Waals surface area contributed by atoms with Crippen molar-refractivity contribution in [3.05, 3.63) is 11.6 Å². The first-order valence-electron chi connectivity index (χ1n) is 5.67. The topological polar surface area (TPSA) is 12.0 Å². The van der Waals surface area contributed by atoms with Crippen LogP contribution in [0.4, 0.5) is 22.0 Å².